The minimum absolute atomic E-state index is 0.463. The largest absolute Gasteiger partial charge is 0.443 e. The molecule has 0 N–H and O–H groups in total. The van der Waals surface area contributed by atoms with E-state index >= 15 is 0 Å². The number of hydrogen-bond donors (Lipinski definition) is 0. The lowest BCUT2D eigenvalue weighted by atomic mass is 10.2. The maximum atomic E-state index is 12.3. The van der Waals surface area contributed by atoms with E-state index in [1.54, 1.807) is 36.7 Å². The molecule has 2 aromatic rings. The van der Waals surface area contributed by atoms with Gasteiger partial charge in [0, 0.05) is 12.4 Å². The van der Waals surface area contributed by atoms with Gasteiger partial charge in [-0.25, -0.2) is 18.7 Å². The highest BCUT2D eigenvalue weighted by molar-refractivity contribution is 7.99. The second-order valence-electron chi connectivity index (χ2n) is 7.50. The molecule has 0 aliphatic carbocycles. The molecule has 0 aromatic carbocycles. The van der Waals surface area contributed by atoms with Gasteiger partial charge in [0.25, 0.3) is 0 Å². The van der Waals surface area contributed by atoms with Gasteiger partial charge in [-0.3, -0.25) is 0 Å². The van der Waals surface area contributed by atoms with Crippen molar-refractivity contribution in [2.75, 3.05) is 0 Å². The van der Waals surface area contributed by atoms with Gasteiger partial charge in [0.2, 0.25) is 0 Å². The van der Waals surface area contributed by atoms with Gasteiger partial charge in [-0.05, 0) is 65.8 Å². The predicted octanol–water partition coefficient (Wildman–Crippen LogP) is 5.01. The zero-order valence-corrected chi connectivity index (χ0v) is 16.2. The molecule has 2 rings (SSSR count). The van der Waals surface area contributed by atoms with Gasteiger partial charge in [0.1, 0.15) is 11.2 Å². The molecule has 136 valence electrons. The maximum Gasteiger partial charge on any atom is 0.419 e. The number of carbonyl (C=O) groups excluding carboxylic acids is 2. The van der Waals surface area contributed by atoms with E-state index in [4.69, 9.17) is 9.47 Å². The zero-order valence-electron chi connectivity index (χ0n) is 15.4. The summed E-state index contributed by atoms with van der Waals surface area (Å²) in [4.78, 5) is 24.6. The fourth-order valence-electron chi connectivity index (χ4n) is 1.93. The molecule has 2 heterocycles. The van der Waals surface area contributed by atoms with Crippen LogP contribution in [-0.4, -0.2) is 32.5 Å². The minimum atomic E-state index is -0.583. The summed E-state index contributed by atoms with van der Waals surface area (Å²) in [6.07, 6.45) is 2.35. The molecule has 0 bridgehead atoms. The van der Waals surface area contributed by atoms with Crippen LogP contribution in [0.15, 0.2) is 46.7 Å². The van der Waals surface area contributed by atoms with Crippen LogP contribution in [0.4, 0.5) is 9.59 Å². The Labute approximate surface area is 152 Å². The highest BCUT2D eigenvalue weighted by Gasteiger charge is 2.22. The number of aromatic nitrogens is 2. The van der Waals surface area contributed by atoms with E-state index in [-0.39, 0.29) is 0 Å². The Balaban J connectivity index is 2.20. The second-order valence-corrected chi connectivity index (χ2v) is 8.54. The molecule has 6 nitrogen and oxygen atoms in total. The normalized spacial score (nSPS) is 12.1. The third kappa shape index (κ3) is 5.42. The van der Waals surface area contributed by atoms with Crippen LogP contribution in [0.5, 0.6) is 0 Å². The van der Waals surface area contributed by atoms with E-state index in [9.17, 15) is 9.59 Å². The summed E-state index contributed by atoms with van der Waals surface area (Å²) in [5.41, 5.74) is -1.17. The monoisotopic (exact) mass is 364 g/mol. The van der Waals surface area contributed by atoms with Crippen LogP contribution < -0.4 is 0 Å². The summed E-state index contributed by atoms with van der Waals surface area (Å²) in [6.45, 7) is 10.9. The van der Waals surface area contributed by atoms with Crippen LogP contribution in [0.25, 0.3) is 0 Å². The fourth-order valence-corrected chi connectivity index (χ4v) is 2.90. The third-order valence-corrected chi connectivity index (χ3v) is 3.90. The Morgan fingerprint density at radius 1 is 0.800 bits per heavy atom. The van der Waals surface area contributed by atoms with Crippen molar-refractivity contribution in [2.45, 2.75) is 62.8 Å². The van der Waals surface area contributed by atoms with Crippen LogP contribution in [0.1, 0.15) is 41.5 Å². The standard InChI is InChI=1S/C18H24N2O4S/c1-17(2,3)23-15(21)19-11-7-9-13(19)25-14-10-8-12-20(14)16(22)24-18(4,5)6/h7-12H,1-6H3. The van der Waals surface area contributed by atoms with E-state index in [0.717, 1.165) is 0 Å². The van der Waals surface area contributed by atoms with Gasteiger partial charge in [0.05, 0.1) is 10.1 Å². The van der Waals surface area contributed by atoms with E-state index < -0.39 is 23.4 Å². The van der Waals surface area contributed by atoms with Crippen molar-refractivity contribution < 1.29 is 19.1 Å². The highest BCUT2D eigenvalue weighted by atomic mass is 32.2. The number of ether oxygens (including phenoxy) is 2. The topological polar surface area (TPSA) is 62.5 Å². The molecule has 0 radical (unpaired) electrons. The average Bonchev–Trinajstić information content (AvgIpc) is 3.04. The highest BCUT2D eigenvalue weighted by Crippen LogP contribution is 2.29. The van der Waals surface area contributed by atoms with Crippen LogP contribution in [0.2, 0.25) is 0 Å². The molecular weight excluding hydrogens is 340 g/mol. The predicted molar refractivity (Wildman–Crippen MR) is 96.3 cm³/mol. The quantitative estimate of drug-likeness (QED) is 0.750. The van der Waals surface area contributed by atoms with E-state index in [0.29, 0.717) is 10.1 Å². The molecular formula is C18H24N2O4S. The first-order valence-corrected chi connectivity index (χ1v) is 8.77. The lowest BCUT2D eigenvalue weighted by Gasteiger charge is -2.21. The summed E-state index contributed by atoms with van der Waals surface area (Å²) in [7, 11) is 0. The van der Waals surface area contributed by atoms with Crippen LogP contribution in [0, 0.1) is 0 Å². The first kappa shape index (κ1) is 19.2. The fraction of sp³-hybridized carbons (Fsp3) is 0.444. The first-order valence-electron chi connectivity index (χ1n) is 7.95. The summed E-state index contributed by atoms with van der Waals surface area (Å²) < 4.78 is 13.6. The van der Waals surface area contributed by atoms with E-state index in [2.05, 4.69) is 0 Å². The lowest BCUT2D eigenvalue weighted by molar-refractivity contribution is 0.0516. The van der Waals surface area contributed by atoms with Crippen molar-refractivity contribution in [1.29, 1.82) is 0 Å². The van der Waals surface area contributed by atoms with E-state index in [1.165, 1.54) is 20.9 Å². The van der Waals surface area contributed by atoms with Crippen molar-refractivity contribution in [1.82, 2.24) is 9.13 Å². The minimum Gasteiger partial charge on any atom is -0.443 e. The first-order chi connectivity index (χ1) is 11.5. The molecule has 2 aromatic heterocycles. The number of rotatable bonds is 2. The molecule has 7 heteroatoms. The molecule has 0 spiro atoms. The Bertz CT molecular complexity index is 698. The lowest BCUT2D eigenvalue weighted by Crippen LogP contribution is -2.27. The Morgan fingerprint density at radius 2 is 1.16 bits per heavy atom. The molecule has 0 atom stereocenters. The van der Waals surface area contributed by atoms with Crippen LogP contribution in [-0.2, 0) is 9.47 Å². The van der Waals surface area contributed by atoms with Gasteiger partial charge in [-0.15, -0.1) is 0 Å². The smallest absolute Gasteiger partial charge is 0.419 e. The summed E-state index contributed by atoms with van der Waals surface area (Å²) in [5.74, 6) is 0. The Hall–Kier alpha value is -2.15. The summed E-state index contributed by atoms with van der Waals surface area (Å²) >= 11 is 1.29. The van der Waals surface area contributed by atoms with Crippen molar-refractivity contribution in [3.8, 4) is 0 Å². The molecule has 0 fully saturated rings. The average molecular weight is 364 g/mol. The van der Waals surface area contributed by atoms with Crippen molar-refractivity contribution in [2.24, 2.45) is 0 Å². The van der Waals surface area contributed by atoms with Crippen LogP contribution >= 0.6 is 11.8 Å². The third-order valence-electron chi connectivity index (χ3n) is 2.81. The maximum absolute atomic E-state index is 12.3. The molecule has 0 aliphatic rings. The molecule has 0 unspecified atom stereocenters. The van der Waals surface area contributed by atoms with Gasteiger partial charge in [0.15, 0.2) is 0 Å². The van der Waals surface area contributed by atoms with Crippen LogP contribution in [0.3, 0.4) is 0 Å². The summed E-state index contributed by atoms with van der Waals surface area (Å²) in [6, 6.07) is 7.10. The van der Waals surface area contributed by atoms with Gasteiger partial charge in [-0.1, -0.05) is 11.8 Å². The molecule has 0 saturated carbocycles. The molecule has 0 saturated heterocycles. The molecule has 0 aliphatic heterocycles. The number of hydrogen-bond acceptors (Lipinski definition) is 5. The van der Waals surface area contributed by atoms with Gasteiger partial charge in [-0.2, -0.15) is 0 Å². The number of carbonyl (C=O) groups is 2. The van der Waals surface area contributed by atoms with Gasteiger partial charge < -0.3 is 9.47 Å². The zero-order chi connectivity index (χ0) is 18.8. The SMILES string of the molecule is CC(C)(C)OC(=O)n1cccc1Sc1cccn1C(=O)OC(C)(C)C. The molecule has 25 heavy (non-hydrogen) atoms. The van der Waals surface area contributed by atoms with Crippen molar-refractivity contribution in [3.05, 3.63) is 36.7 Å². The van der Waals surface area contributed by atoms with Gasteiger partial charge >= 0.3 is 12.2 Å². The van der Waals surface area contributed by atoms with Crippen molar-refractivity contribution >= 4 is 23.9 Å². The molecule has 0 amide bonds. The number of nitrogens with zero attached hydrogens (tertiary/aromatic N) is 2. The Morgan fingerprint density at radius 3 is 1.48 bits per heavy atom. The Kier molecular flexibility index (Phi) is 5.37. The van der Waals surface area contributed by atoms with E-state index in [1.807, 2.05) is 41.5 Å². The van der Waals surface area contributed by atoms with Crippen molar-refractivity contribution in [3.63, 3.8) is 0 Å². The summed E-state index contributed by atoms with van der Waals surface area (Å²) in [5, 5.41) is 1.30. The second kappa shape index (κ2) is 7.00.